The number of carboxylic acid groups (broad SMARTS) is 1. The van der Waals surface area contributed by atoms with Crippen molar-refractivity contribution in [2.45, 2.75) is 26.7 Å². The molecule has 0 spiro atoms. The quantitative estimate of drug-likeness (QED) is 0.923. The average molecular weight is 330 g/mol. The van der Waals surface area contributed by atoms with E-state index >= 15 is 0 Å². The molecule has 0 fully saturated rings. The van der Waals surface area contributed by atoms with Gasteiger partial charge in [0.05, 0.1) is 18.5 Å². The van der Waals surface area contributed by atoms with Crippen LogP contribution in [-0.2, 0) is 0 Å². The van der Waals surface area contributed by atoms with E-state index in [1.165, 1.54) is 36.2 Å². The Morgan fingerprint density at radius 1 is 1.42 bits per heavy atom. The van der Waals surface area contributed by atoms with Crippen LogP contribution in [0, 0.1) is 11.2 Å². The Morgan fingerprint density at radius 2 is 2.17 bits per heavy atom. The highest BCUT2D eigenvalue weighted by molar-refractivity contribution is 5.92. The second kappa shape index (κ2) is 5.78. The third-order valence-electron chi connectivity index (χ3n) is 4.48. The van der Waals surface area contributed by atoms with E-state index < -0.39 is 11.8 Å². The van der Waals surface area contributed by atoms with Crippen molar-refractivity contribution in [3.05, 3.63) is 47.8 Å². The van der Waals surface area contributed by atoms with Gasteiger partial charge in [-0.25, -0.2) is 14.2 Å². The van der Waals surface area contributed by atoms with Crippen LogP contribution in [0.1, 0.15) is 42.9 Å². The van der Waals surface area contributed by atoms with E-state index in [1.54, 1.807) is 0 Å². The average Bonchev–Trinajstić information content (AvgIpc) is 3.10. The number of ether oxygens (including phenoxy) is 1. The van der Waals surface area contributed by atoms with E-state index in [2.05, 4.69) is 18.8 Å². The Kier molecular flexibility index (Phi) is 3.91. The van der Waals surface area contributed by atoms with Crippen LogP contribution < -0.4 is 4.74 Å². The number of hydrogen-bond donors (Lipinski definition) is 1. The molecule has 0 unspecified atom stereocenters. The van der Waals surface area contributed by atoms with Crippen LogP contribution in [0.5, 0.6) is 5.75 Å². The molecular formula is C18H19FN2O3. The van der Waals surface area contributed by atoms with Gasteiger partial charge in [-0.05, 0) is 36.0 Å². The van der Waals surface area contributed by atoms with E-state index in [0.717, 1.165) is 18.4 Å². The van der Waals surface area contributed by atoms with E-state index in [9.17, 15) is 14.3 Å². The number of imidazole rings is 1. The lowest BCUT2D eigenvalue weighted by Crippen LogP contribution is -2.15. The third kappa shape index (κ3) is 2.58. The second-order valence-corrected chi connectivity index (χ2v) is 6.47. The highest BCUT2D eigenvalue weighted by Crippen LogP contribution is 2.45. The molecule has 2 aromatic rings. The Balaban J connectivity index is 2.26. The molecular weight excluding hydrogens is 311 g/mol. The number of aromatic carboxylic acids is 1. The third-order valence-corrected chi connectivity index (χ3v) is 4.48. The highest BCUT2D eigenvalue weighted by Gasteiger charge is 2.34. The minimum absolute atomic E-state index is 0.0709. The van der Waals surface area contributed by atoms with Gasteiger partial charge in [0, 0.05) is 6.07 Å². The number of hydrogen-bond acceptors (Lipinski definition) is 3. The Bertz CT molecular complexity index is 837. The highest BCUT2D eigenvalue weighted by atomic mass is 19.1. The molecule has 0 aliphatic heterocycles. The minimum Gasteiger partial charge on any atom is -0.497 e. The van der Waals surface area contributed by atoms with Crippen molar-refractivity contribution < 1.29 is 19.0 Å². The molecule has 1 aromatic carbocycles. The van der Waals surface area contributed by atoms with Crippen molar-refractivity contribution in [1.29, 1.82) is 0 Å². The number of benzene rings is 1. The van der Waals surface area contributed by atoms with E-state index in [-0.39, 0.29) is 16.8 Å². The lowest BCUT2D eigenvalue weighted by Gasteiger charge is -2.24. The van der Waals surface area contributed by atoms with Gasteiger partial charge < -0.3 is 9.84 Å². The smallest absolute Gasteiger partial charge is 0.356 e. The predicted octanol–water partition coefficient (Wildman–Crippen LogP) is 3.92. The van der Waals surface area contributed by atoms with E-state index in [4.69, 9.17) is 4.74 Å². The molecule has 1 aliphatic carbocycles. The summed E-state index contributed by atoms with van der Waals surface area (Å²) in [6.45, 7) is 4.10. The van der Waals surface area contributed by atoms with Gasteiger partial charge in [0.2, 0.25) is 0 Å². The fourth-order valence-corrected chi connectivity index (χ4v) is 3.15. The van der Waals surface area contributed by atoms with Gasteiger partial charge >= 0.3 is 5.97 Å². The van der Waals surface area contributed by atoms with Gasteiger partial charge in [0.15, 0.2) is 5.69 Å². The Labute approximate surface area is 139 Å². The van der Waals surface area contributed by atoms with Crippen LogP contribution in [0.25, 0.3) is 11.3 Å². The summed E-state index contributed by atoms with van der Waals surface area (Å²) in [5.41, 5.74) is 1.25. The van der Waals surface area contributed by atoms with Crippen molar-refractivity contribution in [3.8, 4) is 11.4 Å². The predicted molar refractivity (Wildman–Crippen MR) is 88.0 cm³/mol. The standard InChI is InChI=1S/C18H19FN2O3/c1-18(2)8-4-5-12(18)16-15(17(22)23)20-10-21(16)14-9-11(24-3)6-7-13(14)19/h5-7,9-10H,4,8H2,1-3H3,(H,22,23). The molecule has 6 heteroatoms. The van der Waals surface area contributed by atoms with Crippen molar-refractivity contribution in [2.75, 3.05) is 7.11 Å². The molecule has 3 rings (SSSR count). The molecule has 0 saturated heterocycles. The van der Waals surface area contributed by atoms with Gasteiger partial charge in [0.25, 0.3) is 0 Å². The zero-order valence-electron chi connectivity index (χ0n) is 13.8. The summed E-state index contributed by atoms with van der Waals surface area (Å²) in [7, 11) is 1.50. The number of carboxylic acids is 1. The van der Waals surface area contributed by atoms with E-state index in [0.29, 0.717) is 11.4 Å². The summed E-state index contributed by atoms with van der Waals surface area (Å²) in [5, 5.41) is 9.51. The summed E-state index contributed by atoms with van der Waals surface area (Å²) in [6, 6.07) is 4.35. The number of halogens is 1. The maximum absolute atomic E-state index is 14.4. The molecule has 0 saturated carbocycles. The van der Waals surface area contributed by atoms with Gasteiger partial charge in [-0.15, -0.1) is 0 Å². The first-order valence-electron chi connectivity index (χ1n) is 7.70. The summed E-state index contributed by atoms with van der Waals surface area (Å²) in [5.74, 6) is -1.11. The fraction of sp³-hybridized carbons (Fsp3) is 0.333. The van der Waals surface area contributed by atoms with Gasteiger partial charge in [0.1, 0.15) is 17.9 Å². The topological polar surface area (TPSA) is 64.4 Å². The zero-order valence-corrected chi connectivity index (χ0v) is 13.8. The van der Waals surface area contributed by atoms with Crippen LogP contribution in [0.2, 0.25) is 0 Å². The number of carbonyl (C=O) groups is 1. The summed E-state index contributed by atoms with van der Waals surface area (Å²) in [4.78, 5) is 15.6. The molecule has 1 aliphatic rings. The van der Waals surface area contributed by atoms with Gasteiger partial charge in [-0.3, -0.25) is 4.57 Å². The first-order valence-corrected chi connectivity index (χ1v) is 7.70. The molecule has 0 amide bonds. The van der Waals surface area contributed by atoms with Crippen molar-refractivity contribution >= 4 is 11.5 Å². The molecule has 1 N–H and O–H groups in total. The van der Waals surface area contributed by atoms with Crippen molar-refractivity contribution in [3.63, 3.8) is 0 Å². The largest absolute Gasteiger partial charge is 0.497 e. The molecule has 5 nitrogen and oxygen atoms in total. The summed E-state index contributed by atoms with van der Waals surface area (Å²) in [6.07, 6.45) is 5.13. The van der Waals surface area contributed by atoms with Crippen molar-refractivity contribution in [1.82, 2.24) is 9.55 Å². The van der Waals surface area contributed by atoms with Crippen LogP contribution in [0.15, 0.2) is 30.6 Å². The van der Waals surface area contributed by atoms with Crippen LogP contribution in [-0.4, -0.2) is 27.7 Å². The SMILES string of the molecule is COc1ccc(F)c(-n2cnc(C(=O)O)c2C2=CCCC2(C)C)c1. The molecule has 0 radical (unpaired) electrons. The second-order valence-electron chi connectivity index (χ2n) is 6.47. The Hall–Kier alpha value is -2.63. The number of nitrogens with zero attached hydrogens (tertiary/aromatic N) is 2. The van der Waals surface area contributed by atoms with Gasteiger partial charge in [-0.2, -0.15) is 0 Å². The Morgan fingerprint density at radius 3 is 2.75 bits per heavy atom. The van der Waals surface area contributed by atoms with Gasteiger partial charge in [-0.1, -0.05) is 19.9 Å². The first-order chi connectivity index (χ1) is 11.3. The number of allylic oxidation sites excluding steroid dienone is 2. The normalized spacial score (nSPS) is 16.1. The monoisotopic (exact) mass is 330 g/mol. The molecule has 0 atom stereocenters. The number of rotatable bonds is 4. The number of methoxy groups -OCH3 is 1. The molecule has 1 aromatic heterocycles. The van der Waals surface area contributed by atoms with Crippen molar-refractivity contribution in [2.24, 2.45) is 5.41 Å². The van der Waals surface area contributed by atoms with Crippen LogP contribution in [0.3, 0.4) is 0 Å². The maximum atomic E-state index is 14.4. The molecule has 0 bridgehead atoms. The zero-order chi connectivity index (χ0) is 17.5. The minimum atomic E-state index is -1.13. The summed E-state index contributed by atoms with van der Waals surface area (Å²) < 4.78 is 21.1. The molecule has 1 heterocycles. The maximum Gasteiger partial charge on any atom is 0.356 e. The lowest BCUT2D eigenvalue weighted by molar-refractivity contribution is 0.0690. The number of aromatic nitrogens is 2. The van der Waals surface area contributed by atoms with Crippen LogP contribution in [0.4, 0.5) is 4.39 Å². The first kappa shape index (κ1) is 16.2. The lowest BCUT2D eigenvalue weighted by atomic mass is 9.83. The molecule has 24 heavy (non-hydrogen) atoms. The summed E-state index contributed by atoms with van der Waals surface area (Å²) >= 11 is 0. The van der Waals surface area contributed by atoms with E-state index in [1.807, 2.05) is 6.08 Å². The fourth-order valence-electron chi connectivity index (χ4n) is 3.15. The van der Waals surface area contributed by atoms with Crippen LogP contribution >= 0.6 is 0 Å². The molecule has 126 valence electrons.